The molecule has 0 atom stereocenters. The molecule has 9 heteroatoms. The Kier molecular flexibility index (Phi) is 4.16. The zero-order valence-electron chi connectivity index (χ0n) is 10.2. The van der Waals surface area contributed by atoms with Gasteiger partial charge in [0.1, 0.15) is 0 Å². The van der Waals surface area contributed by atoms with E-state index in [1.54, 1.807) is 12.1 Å². The minimum absolute atomic E-state index is 0.0107. The molecule has 0 amide bonds. The first kappa shape index (κ1) is 14.4. The molecule has 1 aromatic heterocycles. The zero-order chi connectivity index (χ0) is 14.0. The van der Waals surface area contributed by atoms with Crippen molar-refractivity contribution in [1.29, 1.82) is 0 Å². The van der Waals surface area contributed by atoms with Crippen LogP contribution >= 0.6 is 27.7 Å². The molecule has 1 aromatic carbocycles. The van der Waals surface area contributed by atoms with E-state index in [0.29, 0.717) is 5.69 Å². The van der Waals surface area contributed by atoms with E-state index in [2.05, 4.69) is 31.0 Å². The monoisotopic (exact) mass is 362 g/mol. The molecule has 0 unspecified atom stereocenters. The second kappa shape index (κ2) is 5.51. The van der Waals surface area contributed by atoms with Crippen molar-refractivity contribution in [2.75, 3.05) is 11.0 Å². The van der Waals surface area contributed by atoms with Gasteiger partial charge in [0.2, 0.25) is 5.03 Å². The lowest BCUT2D eigenvalue weighted by Gasteiger charge is -2.10. The summed E-state index contributed by atoms with van der Waals surface area (Å²) in [6.07, 6.45) is 1.88. The molecule has 102 valence electrons. The molecule has 0 aliphatic carbocycles. The van der Waals surface area contributed by atoms with Gasteiger partial charge in [-0.1, -0.05) is 17.3 Å². The standard InChI is InChI=1S/C10H11BrN4O2S2/c1-15-10(9(11)12-14-15)19(16,17)13-7-5-3-4-6-8(7)18-2/h3-6,13H,1-2H3. The third kappa shape index (κ3) is 2.93. The van der Waals surface area contributed by atoms with Gasteiger partial charge in [0.15, 0.2) is 4.60 Å². The lowest BCUT2D eigenvalue weighted by molar-refractivity contribution is 0.578. The van der Waals surface area contributed by atoms with E-state index >= 15 is 0 Å². The van der Waals surface area contributed by atoms with E-state index in [4.69, 9.17) is 0 Å². The summed E-state index contributed by atoms with van der Waals surface area (Å²) in [5.74, 6) is 0. The molecule has 19 heavy (non-hydrogen) atoms. The molecular formula is C10H11BrN4O2S2. The van der Waals surface area contributed by atoms with Crippen molar-refractivity contribution in [3.05, 3.63) is 28.9 Å². The molecule has 2 aromatic rings. The van der Waals surface area contributed by atoms with Crippen LogP contribution < -0.4 is 4.72 Å². The Bertz CT molecular complexity index is 680. The number of anilines is 1. The minimum Gasteiger partial charge on any atom is -0.277 e. The number of hydrogen-bond acceptors (Lipinski definition) is 5. The molecule has 0 radical (unpaired) electrons. The molecule has 0 aliphatic rings. The number of thioether (sulfide) groups is 1. The van der Waals surface area contributed by atoms with Crippen molar-refractivity contribution in [1.82, 2.24) is 15.0 Å². The Morgan fingerprint density at radius 3 is 2.63 bits per heavy atom. The van der Waals surface area contributed by atoms with E-state index in [1.807, 2.05) is 18.4 Å². The number of nitrogens with zero attached hydrogens (tertiary/aromatic N) is 3. The minimum atomic E-state index is -3.74. The third-order valence-electron chi connectivity index (χ3n) is 2.34. The van der Waals surface area contributed by atoms with Gasteiger partial charge in [-0.05, 0) is 34.3 Å². The van der Waals surface area contributed by atoms with Crippen LogP contribution in [0, 0.1) is 0 Å². The molecular weight excluding hydrogens is 352 g/mol. The Hall–Kier alpha value is -1.06. The summed E-state index contributed by atoms with van der Waals surface area (Å²) in [4.78, 5) is 0.845. The van der Waals surface area contributed by atoms with Gasteiger partial charge in [-0.25, -0.2) is 4.68 Å². The van der Waals surface area contributed by atoms with Crippen LogP contribution in [0.5, 0.6) is 0 Å². The molecule has 0 spiro atoms. The van der Waals surface area contributed by atoms with Gasteiger partial charge >= 0.3 is 0 Å². The van der Waals surface area contributed by atoms with Crippen molar-refractivity contribution < 1.29 is 8.42 Å². The van der Waals surface area contributed by atoms with Crippen LogP contribution in [-0.4, -0.2) is 29.7 Å². The lowest BCUT2D eigenvalue weighted by Crippen LogP contribution is -2.17. The Balaban J connectivity index is 2.43. The smallest absolute Gasteiger partial charge is 0.277 e. The van der Waals surface area contributed by atoms with Crippen molar-refractivity contribution in [3.8, 4) is 0 Å². The molecule has 0 aliphatic heterocycles. The number of para-hydroxylation sites is 1. The highest BCUT2D eigenvalue weighted by Crippen LogP contribution is 2.28. The van der Waals surface area contributed by atoms with Gasteiger partial charge in [-0.15, -0.1) is 16.9 Å². The van der Waals surface area contributed by atoms with Gasteiger partial charge in [0.05, 0.1) is 5.69 Å². The first-order valence-corrected chi connectivity index (χ1v) is 8.67. The summed E-state index contributed by atoms with van der Waals surface area (Å²) in [5, 5.41) is 7.32. The van der Waals surface area contributed by atoms with E-state index in [0.717, 1.165) is 4.90 Å². The second-order valence-corrected chi connectivity index (χ2v) is 6.81. The highest BCUT2D eigenvalue weighted by atomic mass is 79.9. The van der Waals surface area contributed by atoms with Crippen LogP contribution in [0.4, 0.5) is 5.69 Å². The first-order valence-electron chi connectivity index (χ1n) is 5.16. The highest BCUT2D eigenvalue weighted by molar-refractivity contribution is 9.10. The number of nitrogens with one attached hydrogen (secondary N) is 1. The van der Waals surface area contributed by atoms with E-state index < -0.39 is 10.0 Å². The van der Waals surface area contributed by atoms with Crippen LogP contribution in [0.2, 0.25) is 0 Å². The molecule has 1 heterocycles. The first-order chi connectivity index (χ1) is 8.95. The SMILES string of the molecule is CSc1ccccc1NS(=O)(=O)c1c(Br)nnn1C. The van der Waals surface area contributed by atoms with Crippen molar-refractivity contribution in [3.63, 3.8) is 0 Å². The van der Waals surface area contributed by atoms with Crippen LogP contribution in [0.15, 0.2) is 38.8 Å². The third-order valence-corrected chi connectivity index (χ3v) is 5.39. The molecule has 0 fully saturated rings. The average molecular weight is 363 g/mol. The fraction of sp³-hybridized carbons (Fsp3) is 0.200. The van der Waals surface area contributed by atoms with E-state index in [-0.39, 0.29) is 9.63 Å². The normalized spacial score (nSPS) is 11.5. The summed E-state index contributed by atoms with van der Waals surface area (Å²) < 4.78 is 28.6. The predicted octanol–water partition coefficient (Wildman–Crippen LogP) is 2.10. The van der Waals surface area contributed by atoms with E-state index in [9.17, 15) is 8.42 Å². The summed E-state index contributed by atoms with van der Waals surface area (Å²) in [6, 6.07) is 7.18. The van der Waals surface area contributed by atoms with Crippen LogP contribution in [0.3, 0.4) is 0 Å². The lowest BCUT2D eigenvalue weighted by atomic mass is 10.3. The molecule has 0 saturated heterocycles. The van der Waals surface area contributed by atoms with Crippen molar-refractivity contribution in [2.24, 2.45) is 7.05 Å². The van der Waals surface area contributed by atoms with Crippen molar-refractivity contribution >= 4 is 43.4 Å². The van der Waals surface area contributed by atoms with Crippen molar-refractivity contribution in [2.45, 2.75) is 9.92 Å². The molecule has 1 N–H and O–H groups in total. The fourth-order valence-corrected chi connectivity index (χ4v) is 4.33. The maximum absolute atomic E-state index is 12.3. The number of rotatable bonds is 4. The second-order valence-electron chi connectivity index (χ2n) is 3.61. The fourth-order valence-electron chi connectivity index (χ4n) is 1.53. The topological polar surface area (TPSA) is 76.9 Å². The number of sulfonamides is 1. The quantitative estimate of drug-likeness (QED) is 0.842. The number of halogens is 1. The van der Waals surface area contributed by atoms with Gasteiger partial charge < -0.3 is 0 Å². The highest BCUT2D eigenvalue weighted by Gasteiger charge is 2.24. The van der Waals surface area contributed by atoms with Crippen LogP contribution in [0.1, 0.15) is 0 Å². The van der Waals surface area contributed by atoms with Gasteiger partial charge in [-0.2, -0.15) is 8.42 Å². The van der Waals surface area contributed by atoms with Gasteiger partial charge in [-0.3, -0.25) is 4.72 Å². The maximum atomic E-state index is 12.3. The molecule has 0 bridgehead atoms. The Morgan fingerprint density at radius 1 is 1.37 bits per heavy atom. The summed E-state index contributed by atoms with van der Waals surface area (Å²) in [5.41, 5.74) is 0.531. The molecule has 6 nitrogen and oxygen atoms in total. The van der Waals surface area contributed by atoms with Crippen LogP contribution in [0.25, 0.3) is 0 Å². The van der Waals surface area contributed by atoms with Gasteiger partial charge in [0, 0.05) is 11.9 Å². The number of benzene rings is 1. The molecule has 2 rings (SSSR count). The largest absolute Gasteiger partial charge is 0.281 e. The Morgan fingerprint density at radius 2 is 2.05 bits per heavy atom. The van der Waals surface area contributed by atoms with Crippen LogP contribution in [-0.2, 0) is 17.1 Å². The number of aryl methyl sites for hydroxylation is 1. The number of aromatic nitrogens is 3. The average Bonchev–Trinajstić information content (AvgIpc) is 2.70. The maximum Gasteiger partial charge on any atom is 0.281 e. The van der Waals surface area contributed by atoms with E-state index in [1.165, 1.54) is 23.5 Å². The summed E-state index contributed by atoms with van der Waals surface area (Å²) in [7, 11) is -2.22. The molecule has 0 saturated carbocycles. The Labute approximate surface area is 123 Å². The zero-order valence-corrected chi connectivity index (χ0v) is 13.4. The predicted molar refractivity (Wildman–Crippen MR) is 77.7 cm³/mol. The van der Waals surface area contributed by atoms with Gasteiger partial charge in [0.25, 0.3) is 10.0 Å². The number of hydrogen-bond donors (Lipinski definition) is 1. The summed E-state index contributed by atoms with van der Waals surface area (Å²) >= 11 is 4.55. The summed E-state index contributed by atoms with van der Waals surface area (Å²) in [6.45, 7) is 0.